The Morgan fingerprint density at radius 2 is 1.36 bits per heavy atom. The van der Waals surface area contributed by atoms with Crippen LogP contribution in [0.2, 0.25) is 0 Å². The average Bonchev–Trinajstić information content (AvgIpc) is 3.51. The van der Waals surface area contributed by atoms with Crippen LogP contribution in [0.3, 0.4) is 0 Å². The molecular weight excluding hydrogens is 695 g/mol. The average molecular weight is 750 g/mol. The molecule has 0 saturated heterocycles. The van der Waals surface area contributed by atoms with Gasteiger partial charge in [0.25, 0.3) is 0 Å². The van der Waals surface area contributed by atoms with Gasteiger partial charge in [0, 0.05) is 17.3 Å². The van der Waals surface area contributed by atoms with Gasteiger partial charge >= 0.3 is 6.09 Å². The minimum Gasteiger partial charge on any atom is -0.448 e. The molecule has 7 nitrogen and oxygen atoms in total. The summed E-state index contributed by atoms with van der Waals surface area (Å²) in [5.41, 5.74) is 15.9. The van der Waals surface area contributed by atoms with E-state index in [1.807, 2.05) is 24.3 Å². The second-order valence-corrected chi connectivity index (χ2v) is 18.5. The molecule has 4 aromatic carbocycles. The summed E-state index contributed by atoms with van der Waals surface area (Å²) in [5.74, 6) is 0.146. The maximum absolute atomic E-state index is 15.3. The predicted octanol–water partition coefficient (Wildman–Crippen LogP) is 10.1. The van der Waals surface area contributed by atoms with Crippen LogP contribution in [0, 0.1) is 17.3 Å². The van der Waals surface area contributed by atoms with Crippen molar-refractivity contribution in [3.63, 3.8) is 0 Å². The first-order valence-electron chi connectivity index (χ1n) is 20.8. The third-order valence-electron chi connectivity index (χ3n) is 15.7. The van der Waals surface area contributed by atoms with Crippen molar-refractivity contribution >= 4 is 29.8 Å². The Kier molecular flexibility index (Phi) is 8.75. The van der Waals surface area contributed by atoms with E-state index < -0.39 is 17.0 Å². The molecule has 5 aliphatic rings. The Hall–Kier alpha value is -4.91. The summed E-state index contributed by atoms with van der Waals surface area (Å²) in [7, 11) is 0. The number of amides is 3. The molecule has 2 fully saturated rings. The molecule has 7 heteroatoms. The smallest absolute Gasteiger partial charge is 0.411 e. The third kappa shape index (κ3) is 5.47. The van der Waals surface area contributed by atoms with Crippen molar-refractivity contribution < 1.29 is 19.1 Å². The van der Waals surface area contributed by atoms with Gasteiger partial charge in [-0.2, -0.15) is 0 Å². The number of nitrogens with one attached hydrogen (secondary N) is 1. The fourth-order valence-electron chi connectivity index (χ4n) is 13.0. The van der Waals surface area contributed by atoms with Crippen LogP contribution in [0.1, 0.15) is 118 Å². The summed E-state index contributed by atoms with van der Waals surface area (Å²) < 4.78 is 5.92. The number of hydrogen-bond acceptors (Lipinski definition) is 5. The molecule has 2 saturated carbocycles. The molecule has 3 N–H and O–H groups in total. The van der Waals surface area contributed by atoms with Crippen LogP contribution in [0.25, 0.3) is 11.1 Å². The van der Waals surface area contributed by atoms with E-state index in [1.165, 1.54) is 44.5 Å². The van der Waals surface area contributed by atoms with Crippen LogP contribution in [0.4, 0.5) is 16.2 Å². The molecule has 0 radical (unpaired) electrons. The van der Waals surface area contributed by atoms with Gasteiger partial charge in [0.2, 0.25) is 12.3 Å². The Bertz CT molecular complexity index is 2200. The molecule has 0 aliphatic heterocycles. The first-order chi connectivity index (χ1) is 26.9. The molecule has 9 rings (SSSR count). The quantitative estimate of drug-likeness (QED) is 0.151. The molecule has 4 aromatic rings. The highest BCUT2D eigenvalue weighted by Gasteiger charge is 2.61. The van der Waals surface area contributed by atoms with Gasteiger partial charge < -0.3 is 10.5 Å². The van der Waals surface area contributed by atoms with Crippen molar-refractivity contribution in [2.24, 2.45) is 17.3 Å². The van der Waals surface area contributed by atoms with Crippen LogP contribution in [0.5, 0.6) is 0 Å². The van der Waals surface area contributed by atoms with E-state index in [-0.39, 0.29) is 41.1 Å². The maximum atomic E-state index is 15.3. The zero-order chi connectivity index (χ0) is 39.0. The van der Waals surface area contributed by atoms with Crippen LogP contribution >= 0.6 is 0 Å². The molecular formula is C49H55N3O4. The van der Waals surface area contributed by atoms with E-state index >= 15 is 4.79 Å². The second-order valence-electron chi connectivity index (χ2n) is 18.5. The summed E-state index contributed by atoms with van der Waals surface area (Å²) in [5, 5.41) is 3.05. The normalized spacial score (nSPS) is 30.0. The highest BCUT2D eigenvalue weighted by atomic mass is 16.5. The highest BCUT2D eigenvalue weighted by Crippen LogP contribution is 2.60. The molecule has 56 heavy (non-hydrogen) atoms. The molecule has 5 aliphatic carbocycles. The minimum absolute atomic E-state index is 0.0166. The van der Waals surface area contributed by atoms with Gasteiger partial charge in [0.05, 0.1) is 11.0 Å². The molecule has 3 amide bonds. The van der Waals surface area contributed by atoms with Gasteiger partial charge in [-0.1, -0.05) is 94.3 Å². The number of nitrogens with zero attached hydrogens (tertiary/aromatic N) is 1. The Morgan fingerprint density at radius 1 is 0.768 bits per heavy atom. The molecule has 6 atom stereocenters. The monoisotopic (exact) mass is 749 g/mol. The molecule has 0 heterocycles. The summed E-state index contributed by atoms with van der Waals surface area (Å²) >= 11 is 0. The number of carbonyl (C=O) groups excluding carboxylic acids is 3. The lowest BCUT2D eigenvalue weighted by atomic mass is 9.48. The van der Waals surface area contributed by atoms with Gasteiger partial charge in [0.1, 0.15) is 6.61 Å². The van der Waals surface area contributed by atoms with E-state index in [9.17, 15) is 9.59 Å². The van der Waals surface area contributed by atoms with E-state index in [2.05, 4.69) is 93.7 Å². The number of nitrogen functional groups attached to an aromatic ring is 1. The van der Waals surface area contributed by atoms with Crippen LogP contribution in [0.15, 0.2) is 84.9 Å². The summed E-state index contributed by atoms with van der Waals surface area (Å²) in [4.78, 5) is 43.7. The van der Waals surface area contributed by atoms with E-state index in [4.69, 9.17) is 10.5 Å². The first-order valence-corrected chi connectivity index (χ1v) is 20.8. The Morgan fingerprint density at radius 3 is 2.04 bits per heavy atom. The summed E-state index contributed by atoms with van der Waals surface area (Å²) in [6.07, 6.45) is 9.33. The highest BCUT2D eigenvalue weighted by molar-refractivity contribution is 5.92. The lowest BCUT2D eigenvalue weighted by molar-refractivity contribution is -0.166. The van der Waals surface area contributed by atoms with E-state index in [1.54, 1.807) is 4.90 Å². The molecule has 0 aromatic heterocycles. The van der Waals surface area contributed by atoms with Crippen LogP contribution in [-0.2, 0) is 38.0 Å². The van der Waals surface area contributed by atoms with Gasteiger partial charge in [-0.15, -0.1) is 0 Å². The van der Waals surface area contributed by atoms with Crippen molar-refractivity contribution in [3.05, 3.63) is 118 Å². The fraction of sp³-hybridized carbons (Fsp3) is 0.449. The van der Waals surface area contributed by atoms with E-state index in [0.29, 0.717) is 5.69 Å². The Labute approximate surface area is 331 Å². The number of imide groups is 1. The SMILES string of the molecule is C[C@]1(N(C=O)C(=O)[C@@]2(C)CCC[C@]3(C)c4cc(NC(=O)OCC5c6ccccc6-c6ccccc65)ccc4CC[C@@H]23)CCC[C@]2(C)c3cc(N)ccc3CC[C@@H]12. The largest absolute Gasteiger partial charge is 0.448 e. The number of ether oxygens (including phenoxy) is 1. The van der Waals surface area contributed by atoms with Gasteiger partial charge in [-0.25, -0.2) is 4.79 Å². The predicted molar refractivity (Wildman–Crippen MR) is 221 cm³/mol. The summed E-state index contributed by atoms with van der Waals surface area (Å²) in [6.45, 7) is 9.22. The summed E-state index contributed by atoms with van der Waals surface area (Å²) in [6, 6.07) is 29.2. The second kappa shape index (κ2) is 13.3. The Balaban J connectivity index is 0.955. The van der Waals surface area contributed by atoms with Crippen molar-refractivity contribution in [1.82, 2.24) is 4.90 Å². The number of aryl methyl sites for hydroxylation is 2. The van der Waals surface area contributed by atoms with Gasteiger partial charge in [-0.3, -0.25) is 19.8 Å². The molecule has 290 valence electrons. The lowest BCUT2D eigenvalue weighted by Gasteiger charge is -2.60. The van der Waals surface area contributed by atoms with Crippen molar-refractivity contribution in [1.29, 1.82) is 0 Å². The number of benzene rings is 4. The number of anilines is 2. The first kappa shape index (κ1) is 36.7. The zero-order valence-electron chi connectivity index (χ0n) is 33.3. The topological polar surface area (TPSA) is 102 Å². The maximum Gasteiger partial charge on any atom is 0.411 e. The van der Waals surface area contributed by atoms with Crippen molar-refractivity contribution in [2.75, 3.05) is 17.7 Å². The van der Waals surface area contributed by atoms with Gasteiger partial charge in [-0.05, 0) is 150 Å². The number of nitrogens with two attached hydrogens (primary N) is 1. The van der Waals surface area contributed by atoms with Crippen LogP contribution < -0.4 is 11.1 Å². The molecule has 0 spiro atoms. The molecule has 0 unspecified atom stereocenters. The number of carbonyl (C=O) groups is 3. The standard InChI is InChI=1S/C49H55N3O4/c1-46-23-9-25-48(3,44(54)52(30-53)49(4)26-10-24-47(2)40-27-33(50)19-15-31(40)18-22-43(47)49)42(46)21-17-32-16-20-34(28-41(32)46)51-45(55)56-29-39-37-13-7-5-11-35(37)36-12-6-8-14-38(36)39/h5-8,11-16,19-20,27-28,30,39,42-43H,9-10,17-18,21-26,29,50H2,1-4H3,(H,51,55)/t42-,43-,46-,47-,48+,49+/m1/s1. The minimum atomic E-state index is -0.713. The zero-order valence-corrected chi connectivity index (χ0v) is 33.3. The lowest BCUT2D eigenvalue weighted by Crippen LogP contribution is -2.66. The number of hydrogen-bond donors (Lipinski definition) is 2. The third-order valence-corrected chi connectivity index (χ3v) is 15.7. The van der Waals surface area contributed by atoms with E-state index in [0.717, 1.165) is 76.3 Å². The van der Waals surface area contributed by atoms with Crippen molar-refractivity contribution in [3.8, 4) is 11.1 Å². The fourth-order valence-corrected chi connectivity index (χ4v) is 13.0. The van der Waals surface area contributed by atoms with Gasteiger partial charge in [0.15, 0.2) is 0 Å². The van der Waals surface area contributed by atoms with Crippen LogP contribution in [-0.4, -0.2) is 35.5 Å². The molecule has 0 bridgehead atoms. The number of rotatable bonds is 6. The number of fused-ring (bicyclic) bond motifs is 9. The van der Waals surface area contributed by atoms with Crippen molar-refractivity contribution in [2.45, 2.75) is 114 Å².